The van der Waals surface area contributed by atoms with E-state index in [0.717, 1.165) is 53.9 Å². The summed E-state index contributed by atoms with van der Waals surface area (Å²) in [6, 6.07) is 9.80. The first-order valence-electron chi connectivity index (χ1n) is 9.15. The first kappa shape index (κ1) is 18.0. The van der Waals surface area contributed by atoms with Crippen LogP contribution in [0.1, 0.15) is 33.6 Å². The van der Waals surface area contributed by atoms with E-state index in [2.05, 4.69) is 33.1 Å². The van der Waals surface area contributed by atoms with E-state index in [-0.39, 0.29) is 0 Å². The third kappa shape index (κ3) is 4.31. The van der Waals surface area contributed by atoms with Crippen molar-refractivity contribution in [1.29, 1.82) is 0 Å². The zero-order valence-corrected chi connectivity index (χ0v) is 16.5. The SMILES string of the molecule is COc1ccccc1OCc1cc(C2CCN(Cc3cnc(C)s3)C2)n[nH]1. The average Bonchev–Trinajstić information content (AvgIpc) is 3.42. The number of benzene rings is 1. The first-order valence-corrected chi connectivity index (χ1v) is 9.96. The number of hydrogen-bond acceptors (Lipinski definition) is 6. The molecule has 3 aromatic rings. The van der Waals surface area contributed by atoms with Crippen molar-refractivity contribution < 1.29 is 9.47 Å². The van der Waals surface area contributed by atoms with Crippen LogP contribution >= 0.6 is 11.3 Å². The molecule has 1 atom stereocenters. The van der Waals surface area contributed by atoms with Crippen molar-refractivity contribution in [3.63, 3.8) is 0 Å². The maximum Gasteiger partial charge on any atom is 0.161 e. The van der Waals surface area contributed by atoms with Gasteiger partial charge in [0, 0.05) is 30.1 Å². The van der Waals surface area contributed by atoms with E-state index in [1.807, 2.05) is 30.5 Å². The lowest BCUT2D eigenvalue weighted by molar-refractivity contribution is 0.280. The van der Waals surface area contributed by atoms with Gasteiger partial charge in [-0.15, -0.1) is 11.3 Å². The third-order valence-electron chi connectivity index (χ3n) is 4.84. The number of rotatable bonds is 7. The van der Waals surface area contributed by atoms with Gasteiger partial charge in [0.2, 0.25) is 0 Å². The van der Waals surface area contributed by atoms with Crippen molar-refractivity contribution in [2.24, 2.45) is 0 Å². The summed E-state index contributed by atoms with van der Waals surface area (Å²) in [6.45, 7) is 5.62. The smallest absolute Gasteiger partial charge is 0.161 e. The molecule has 1 N–H and O–H groups in total. The van der Waals surface area contributed by atoms with Gasteiger partial charge < -0.3 is 9.47 Å². The molecule has 3 heterocycles. The molecule has 142 valence electrons. The summed E-state index contributed by atoms with van der Waals surface area (Å²) in [4.78, 5) is 8.17. The van der Waals surface area contributed by atoms with Crippen LogP contribution in [-0.4, -0.2) is 40.3 Å². The summed E-state index contributed by atoms with van der Waals surface area (Å²) in [7, 11) is 1.65. The average molecular weight is 385 g/mol. The van der Waals surface area contributed by atoms with E-state index in [1.54, 1.807) is 18.4 Å². The number of aryl methyl sites for hydroxylation is 1. The summed E-state index contributed by atoms with van der Waals surface area (Å²) in [5, 5.41) is 8.77. The second-order valence-electron chi connectivity index (χ2n) is 6.82. The van der Waals surface area contributed by atoms with Gasteiger partial charge in [0.25, 0.3) is 0 Å². The number of thiazole rings is 1. The molecule has 0 amide bonds. The number of aromatic amines is 1. The number of nitrogens with one attached hydrogen (secondary N) is 1. The molecule has 1 aromatic carbocycles. The second-order valence-corrected chi connectivity index (χ2v) is 8.14. The molecule has 1 saturated heterocycles. The second kappa shape index (κ2) is 8.10. The lowest BCUT2D eigenvalue weighted by atomic mass is 10.1. The summed E-state index contributed by atoms with van der Waals surface area (Å²) in [5.41, 5.74) is 2.10. The first-order chi connectivity index (χ1) is 13.2. The van der Waals surface area contributed by atoms with Crippen LogP contribution in [0.3, 0.4) is 0 Å². The van der Waals surface area contributed by atoms with Gasteiger partial charge in [-0.2, -0.15) is 5.10 Å². The van der Waals surface area contributed by atoms with Crippen LogP contribution in [0.4, 0.5) is 0 Å². The maximum absolute atomic E-state index is 5.88. The monoisotopic (exact) mass is 384 g/mol. The third-order valence-corrected chi connectivity index (χ3v) is 5.74. The summed E-state index contributed by atoms with van der Waals surface area (Å²) < 4.78 is 11.2. The van der Waals surface area contributed by atoms with Crippen molar-refractivity contribution in [3.8, 4) is 11.5 Å². The molecule has 1 fully saturated rings. The molecule has 1 unspecified atom stereocenters. The van der Waals surface area contributed by atoms with Gasteiger partial charge in [0.15, 0.2) is 11.5 Å². The van der Waals surface area contributed by atoms with E-state index in [9.17, 15) is 0 Å². The number of H-pyrrole nitrogens is 1. The van der Waals surface area contributed by atoms with Crippen LogP contribution in [0.15, 0.2) is 36.5 Å². The van der Waals surface area contributed by atoms with E-state index >= 15 is 0 Å². The number of ether oxygens (including phenoxy) is 2. The van der Waals surface area contributed by atoms with Crippen LogP contribution in [0.25, 0.3) is 0 Å². The van der Waals surface area contributed by atoms with Crippen molar-refractivity contribution in [1.82, 2.24) is 20.1 Å². The maximum atomic E-state index is 5.88. The Morgan fingerprint density at radius 2 is 2.15 bits per heavy atom. The zero-order valence-electron chi connectivity index (χ0n) is 15.6. The molecular formula is C20H24N4O2S. The highest BCUT2D eigenvalue weighted by molar-refractivity contribution is 7.11. The van der Waals surface area contributed by atoms with Crippen molar-refractivity contribution in [2.75, 3.05) is 20.2 Å². The van der Waals surface area contributed by atoms with E-state index in [0.29, 0.717) is 12.5 Å². The van der Waals surface area contributed by atoms with E-state index in [1.165, 1.54) is 4.88 Å². The van der Waals surface area contributed by atoms with Crippen molar-refractivity contribution in [3.05, 3.63) is 57.8 Å². The molecule has 27 heavy (non-hydrogen) atoms. The van der Waals surface area contributed by atoms with Crippen LogP contribution in [-0.2, 0) is 13.2 Å². The van der Waals surface area contributed by atoms with Crippen molar-refractivity contribution >= 4 is 11.3 Å². The number of methoxy groups -OCH3 is 1. The lowest BCUT2D eigenvalue weighted by Crippen LogP contribution is -2.19. The Bertz CT molecular complexity index is 892. The van der Waals surface area contributed by atoms with Gasteiger partial charge in [-0.1, -0.05) is 12.1 Å². The quantitative estimate of drug-likeness (QED) is 0.672. The van der Waals surface area contributed by atoms with Gasteiger partial charge in [-0.25, -0.2) is 4.98 Å². The van der Waals surface area contributed by atoms with Crippen LogP contribution < -0.4 is 9.47 Å². The molecule has 1 aliphatic heterocycles. The van der Waals surface area contributed by atoms with Gasteiger partial charge in [0.05, 0.1) is 23.5 Å². The van der Waals surface area contributed by atoms with Crippen LogP contribution in [0.2, 0.25) is 0 Å². The van der Waals surface area contributed by atoms with Gasteiger partial charge in [-0.05, 0) is 38.1 Å². The Balaban J connectivity index is 1.33. The zero-order chi connectivity index (χ0) is 18.6. The molecular weight excluding hydrogens is 360 g/mol. The summed E-state index contributed by atoms with van der Waals surface area (Å²) in [6.07, 6.45) is 3.13. The molecule has 0 saturated carbocycles. The minimum absolute atomic E-state index is 0.448. The molecule has 1 aliphatic rings. The summed E-state index contributed by atoms with van der Waals surface area (Å²) >= 11 is 1.78. The molecule has 7 heteroatoms. The lowest BCUT2D eigenvalue weighted by Gasteiger charge is -2.13. The highest BCUT2D eigenvalue weighted by Crippen LogP contribution is 2.29. The molecule has 2 aromatic heterocycles. The van der Waals surface area contributed by atoms with E-state index in [4.69, 9.17) is 9.47 Å². The molecule has 0 aliphatic carbocycles. The van der Waals surface area contributed by atoms with Crippen molar-refractivity contribution in [2.45, 2.75) is 32.4 Å². The fraction of sp³-hybridized carbons (Fsp3) is 0.400. The van der Waals surface area contributed by atoms with Gasteiger partial charge >= 0.3 is 0 Å². The van der Waals surface area contributed by atoms with Crippen LogP contribution in [0.5, 0.6) is 11.5 Å². The Morgan fingerprint density at radius 3 is 2.93 bits per heavy atom. The fourth-order valence-corrected chi connectivity index (χ4v) is 4.31. The number of aromatic nitrogens is 3. The Hall–Kier alpha value is -2.38. The summed E-state index contributed by atoms with van der Waals surface area (Å²) in [5.74, 6) is 1.94. The molecule has 0 spiro atoms. The minimum Gasteiger partial charge on any atom is -0.493 e. The number of para-hydroxylation sites is 2. The predicted octanol–water partition coefficient (Wildman–Crippen LogP) is 3.75. The number of hydrogen-bond donors (Lipinski definition) is 1. The van der Waals surface area contributed by atoms with Gasteiger partial charge in [0.1, 0.15) is 6.61 Å². The van der Waals surface area contributed by atoms with Gasteiger partial charge in [-0.3, -0.25) is 10.00 Å². The van der Waals surface area contributed by atoms with Crippen LogP contribution in [0, 0.1) is 6.92 Å². The Morgan fingerprint density at radius 1 is 1.30 bits per heavy atom. The number of likely N-dealkylation sites (tertiary alicyclic amines) is 1. The normalized spacial score (nSPS) is 17.3. The highest BCUT2D eigenvalue weighted by atomic mass is 32.1. The molecule has 6 nitrogen and oxygen atoms in total. The minimum atomic E-state index is 0.448. The highest BCUT2D eigenvalue weighted by Gasteiger charge is 2.26. The van der Waals surface area contributed by atoms with E-state index < -0.39 is 0 Å². The predicted molar refractivity (Wildman–Crippen MR) is 105 cm³/mol. The largest absolute Gasteiger partial charge is 0.493 e. The fourth-order valence-electron chi connectivity index (χ4n) is 3.47. The molecule has 4 rings (SSSR count). The molecule has 0 radical (unpaired) electrons. The standard InChI is InChI=1S/C20H24N4O2S/c1-14-21-10-17(27-14)12-24-8-7-15(11-24)18-9-16(22-23-18)13-26-20-6-4-3-5-19(20)25-2/h3-6,9-10,15H,7-8,11-13H2,1-2H3,(H,22,23). The molecule has 0 bridgehead atoms. The number of nitrogens with zero attached hydrogens (tertiary/aromatic N) is 3. The Labute approximate surface area is 163 Å². The Kier molecular flexibility index (Phi) is 5.40. The topological polar surface area (TPSA) is 63.3 Å².